The molecule has 0 fully saturated rings. The number of anilines is 2. The smallest absolute Gasteiger partial charge is 0.237 e. The van der Waals surface area contributed by atoms with E-state index in [-0.39, 0.29) is 18.2 Å². The maximum Gasteiger partial charge on any atom is 0.237 e. The molecular weight excluding hydrogens is 482 g/mol. The number of nitrogens with two attached hydrogens (primary N) is 2. The Morgan fingerprint density at radius 1 is 1.03 bits per heavy atom. The molecule has 6 N–H and O–H groups in total. The molecule has 3 rings (SSSR count). The van der Waals surface area contributed by atoms with Gasteiger partial charge in [-0.15, -0.1) is 0 Å². The molecule has 0 aliphatic heterocycles. The Morgan fingerprint density at radius 2 is 1.71 bits per heavy atom. The van der Waals surface area contributed by atoms with E-state index < -0.39 is 11.9 Å². The summed E-state index contributed by atoms with van der Waals surface area (Å²) in [5.74, 6) is 0.602. The van der Waals surface area contributed by atoms with Crippen LogP contribution in [0.2, 0.25) is 0 Å². The number of hydrogen-bond acceptors (Lipinski definition) is 7. The number of carbonyl (C=O) groups excluding carboxylic acids is 2. The zero-order chi connectivity index (χ0) is 27.8. The highest BCUT2D eigenvalue weighted by atomic mass is 16.5. The number of aromatic nitrogens is 1. The summed E-state index contributed by atoms with van der Waals surface area (Å²) in [6.45, 7) is 11.0. The topological polar surface area (TPSA) is 142 Å². The van der Waals surface area contributed by atoms with Gasteiger partial charge >= 0.3 is 0 Å². The molecule has 9 nitrogen and oxygen atoms in total. The predicted octanol–water partition coefficient (Wildman–Crippen LogP) is 3.97. The van der Waals surface area contributed by atoms with Crippen LogP contribution in [-0.4, -0.2) is 36.1 Å². The molecule has 1 aromatic heterocycles. The van der Waals surface area contributed by atoms with Gasteiger partial charge in [0.15, 0.2) is 11.5 Å². The zero-order valence-electron chi connectivity index (χ0n) is 22.9. The number of primary amides is 1. The highest BCUT2D eigenvalue weighted by Crippen LogP contribution is 2.38. The van der Waals surface area contributed by atoms with Crippen LogP contribution >= 0.6 is 0 Å². The lowest BCUT2D eigenvalue weighted by atomic mass is 10.00. The van der Waals surface area contributed by atoms with Crippen molar-refractivity contribution in [2.45, 2.75) is 60.0 Å². The third-order valence-electron chi connectivity index (χ3n) is 6.34. The van der Waals surface area contributed by atoms with E-state index in [2.05, 4.69) is 22.5 Å². The van der Waals surface area contributed by atoms with E-state index in [0.29, 0.717) is 42.3 Å². The Balaban J connectivity index is 2.08. The molecule has 1 heterocycles. The summed E-state index contributed by atoms with van der Waals surface area (Å²) in [5.41, 5.74) is 16.5. The molecule has 1 atom stereocenters. The third kappa shape index (κ3) is 6.72. The van der Waals surface area contributed by atoms with Gasteiger partial charge in [-0.05, 0) is 49.4 Å². The average Bonchev–Trinajstić information content (AvgIpc) is 2.88. The summed E-state index contributed by atoms with van der Waals surface area (Å²) in [7, 11) is 0. The van der Waals surface area contributed by atoms with Crippen molar-refractivity contribution in [3.63, 3.8) is 0 Å². The SMILES string of the molecule is CCOc1cc2ncc(CC(N)=O)c(Nc3cccc(CNC(=O)[C@@H](N)C(C)C)c3CC)c2cc1OCC. The molecule has 0 saturated carbocycles. The van der Waals surface area contributed by atoms with E-state index >= 15 is 0 Å². The molecule has 0 saturated heterocycles. The van der Waals surface area contributed by atoms with Crippen molar-refractivity contribution in [2.24, 2.45) is 17.4 Å². The molecule has 204 valence electrons. The van der Waals surface area contributed by atoms with Gasteiger partial charge in [-0.2, -0.15) is 0 Å². The largest absolute Gasteiger partial charge is 0.490 e. The lowest BCUT2D eigenvalue weighted by Gasteiger charge is -2.21. The number of pyridine rings is 1. The second-order valence-electron chi connectivity index (χ2n) is 9.39. The minimum absolute atomic E-state index is 0.0206. The molecule has 0 aliphatic carbocycles. The van der Waals surface area contributed by atoms with Gasteiger partial charge in [0.25, 0.3) is 0 Å². The van der Waals surface area contributed by atoms with Crippen molar-refractivity contribution in [1.29, 1.82) is 0 Å². The minimum Gasteiger partial charge on any atom is -0.490 e. The quantitative estimate of drug-likeness (QED) is 0.267. The maximum absolute atomic E-state index is 12.5. The standard InChI is InChI=1S/C29H39N5O4/c1-6-20-18(15-33-29(36)27(31)17(4)5)10-9-11-22(20)34-28-19(12-26(30)35)16-32-23-14-25(38-8-3)24(37-7-2)13-21(23)28/h9-11,13-14,16-17,27H,6-8,12,15,31H2,1-5H3,(H2,30,35)(H,32,34)(H,33,36)/t27-/m0/s1. The molecular formula is C29H39N5O4. The van der Waals surface area contributed by atoms with Crippen molar-refractivity contribution in [1.82, 2.24) is 10.3 Å². The van der Waals surface area contributed by atoms with Crippen molar-refractivity contribution in [3.8, 4) is 11.5 Å². The normalized spacial score (nSPS) is 11.9. The van der Waals surface area contributed by atoms with Crippen LogP contribution in [0.15, 0.2) is 36.5 Å². The fourth-order valence-corrected chi connectivity index (χ4v) is 4.32. The Bertz CT molecular complexity index is 1290. The number of nitrogens with zero attached hydrogens (tertiary/aromatic N) is 1. The summed E-state index contributed by atoms with van der Waals surface area (Å²) in [6, 6.07) is 9.05. The van der Waals surface area contributed by atoms with Gasteiger partial charge in [0.2, 0.25) is 11.8 Å². The van der Waals surface area contributed by atoms with Crippen LogP contribution in [-0.2, 0) is 29.0 Å². The lowest BCUT2D eigenvalue weighted by Crippen LogP contribution is -2.43. The summed E-state index contributed by atoms with van der Waals surface area (Å²) >= 11 is 0. The summed E-state index contributed by atoms with van der Waals surface area (Å²) in [6.07, 6.45) is 2.40. The molecule has 0 aliphatic rings. The number of carbonyl (C=O) groups is 2. The van der Waals surface area contributed by atoms with E-state index in [9.17, 15) is 9.59 Å². The Hall–Kier alpha value is -3.85. The summed E-state index contributed by atoms with van der Waals surface area (Å²) < 4.78 is 11.6. The van der Waals surface area contributed by atoms with Crippen LogP contribution in [0.5, 0.6) is 11.5 Å². The first-order valence-corrected chi connectivity index (χ1v) is 13.1. The van der Waals surface area contributed by atoms with Crippen LogP contribution in [0.1, 0.15) is 51.3 Å². The van der Waals surface area contributed by atoms with E-state index in [1.165, 1.54) is 0 Å². The number of amides is 2. The molecule has 9 heteroatoms. The summed E-state index contributed by atoms with van der Waals surface area (Å²) in [4.78, 5) is 29.0. The molecule has 3 aromatic rings. The molecule has 2 aromatic carbocycles. The van der Waals surface area contributed by atoms with Crippen LogP contribution < -0.4 is 31.6 Å². The van der Waals surface area contributed by atoms with Crippen molar-refractivity contribution >= 4 is 34.1 Å². The first-order valence-electron chi connectivity index (χ1n) is 13.1. The van der Waals surface area contributed by atoms with Gasteiger partial charge < -0.3 is 31.6 Å². The van der Waals surface area contributed by atoms with Crippen LogP contribution in [0.3, 0.4) is 0 Å². The predicted molar refractivity (Wildman–Crippen MR) is 151 cm³/mol. The molecule has 0 spiro atoms. The van der Waals surface area contributed by atoms with Gasteiger partial charge in [-0.25, -0.2) is 0 Å². The molecule has 38 heavy (non-hydrogen) atoms. The monoisotopic (exact) mass is 521 g/mol. The van der Waals surface area contributed by atoms with Crippen LogP contribution in [0.4, 0.5) is 11.4 Å². The Kier molecular flexibility index (Phi) is 9.90. The Morgan fingerprint density at radius 3 is 2.32 bits per heavy atom. The van der Waals surface area contributed by atoms with Gasteiger partial charge in [0.1, 0.15) is 0 Å². The van der Waals surface area contributed by atoms with Gasteiger partial charge in [-0.3, -0.25) is 14.6 Å². The number of nitrogens with one attached hydrogen (secondary N) is 2. The number of fused-ring (bicyclic) bond motifs is 1. The number of hydrogen-bond donors (Lipinski definition) is 4. The van der Waals surface area contributed by atoms with Crippen molar-refractivity contribution < 1.29 is 19.1 Å². The van der Waals surface area contributed by atoms with Gasteiger partial charge in [0, 0.05) is 35.4 Å². The fraction of sp³-hybridized carbons (Fsp3) is 0.414. The first kappa shape index (κ1) is 28.7. The van der Waals surface area contributed by atoms with E-state index in [0.717, 1.165) is 34.3 Å². The van der Waals surface area contributed by atoms with E-state index in [4.69, 9.17) is 20.9 Å². The first-order chi connectivity index (χ1) is 18.2. The van der Waals surface area contributed by atoms with Crippen LogP contribution in [0, 0.1) is 5.92 Å². The fourth-order valence-electron chi connectivity index (χ4n) is 4.32. The number of ether oxygens (including phenoxy) is 2. The molecule has 2 amide bonds. The second kappa shape index (κ2) is 13.1. The van der Waals surface area contributed by atoms with Crippen molar-refractivity contribution in [3.05, 3.63) is 53.2 Å². The third-order valence-corrected chi connectivity index (χ3v) is 6.34. The lowest BCUT2D eigenvalue weighted by molar-refractivity contribution is -0.123. The van der Waals surface area contributed by atoms with E-state index in [1.54, 1.807) is 6.20 Å². The maximum atomic E-state index is 12.5. The molecule has 0 radical (unpaired) electrons. The number of rotatable bonds is 13. The van der Waals surface area contributed by atoms with Gasteiger partial charge in [0.05, 0.1) is 36.9 Å². The highest BCUT2D eigenvalue weighted by Gasteiger charge is 2.19. The zero-order valence-corrected chi connectivity index (χ0v) is 22.9. The van der Waals surface area contributed by atoms with E-state index in [1.807, 2.05) is 58.0 Å². The highest BCUT2D eigenvalue weighted by molar-refractivity contribution is 5.98. The summed E-state index contributed by atoms with van der Waals surface area (Å²) in [5, 5.41) is 7.29. The van der Waals surface area contributed by atoms with Crippen LogP contribution in [0.25, 0.3) is 10.9 Å². The minimum atomic E-state index is -0.568. The average molecular weight is 522 g/mol. The molecule has 0 unspecified atom stereocenters. The van der Waals surface area contributed by atoms with Gasteiger partial charge in [-0.1, -0.05) is 32.9 Å². The molecule has 0 bridgehead atoms. The number of benzene rings is 2. The second-order valence-corrected chi connectivity index (χ2v) is 9.39. The Labute approximate surface area is 224 Å². The van der Waals surface area contributed by atoms with Crippen molar-refractivity contribution in [2.75, 3.05) is 18.5 Å².